The molecule has 0 spiro atoms. The first kappa shape index (κ1) is 13.2. The van der Waals surface area contributed by atoms with Crippen LogP contribution in [-0.4, -0.2) is 38.1 Å². The summed E-state index contributed by atoms with van der Waals surface area (Å²) in [5.74, 6) is 0. The van der Waals surface area contributed by atoms with Crippen molar-refractivity contribution in [2.45, 2.75) is 13.1 Å². The molecule has 0 aromatic heterocycles. The predicted molar refractivity (Wildman–Crippen MR) is 65.9 cm³/mol. The molecule has 18 heavy (non-hydrogen) atoms. The largest absolute Gasteiger partial charge is 0.416 e. The standard InChI is InChI=1S/C13H17F3N2/c1-10-9-11(3-4-12(10)13(14,15)16)18-7-5-17(2)6-8-18/h3-4,9H,5-8H2,1-2H3. The molecule has 0 saturated carbocycles. The predicted octanol–water partition coefficient (Wildman–Crippen LogP) is 2.77. The number of alkyl halides is 3. The van der Waals surface area contributed by atoms with Crippen LogP contribution in [0.2, 0.25) is 0 Å². The molecule has 0 unspecified atom stereocenters. The lowest BCUT2D eigenvalue weighted by molar-refractivity contribution is -0.138. The van der Waals surface area contributed by atoms with Crippen molar-refractivity contribution in [3.8, 4) is 0 Å². The number of halogens is 3. The summed E-state index contributed by atoms with van der Waals surface area (Å²) < 4.78 is 38.0. The summed E-state index contributed by atoms with van der Waals surface area (Å²) in [5, 5.41) is 0. The van der Waals surface area contributed by atoms with Gasteiger partial charge in [0.25, 0.3) is 0 Å². The Balaban J connectivity index is 2.19. The highest BCUT2D eigenvalue weighted by Crippen LogP contribution is 2.33. The Morgan fingerprint density at radius 1 is 1.06 bits per heavy atom. The van der Waals surface area contributed by atoms with Crippen molar-refractivity contribution in [1.29, 1.82) is 0 Å². The Hall–Kier alpha value is -1.23. The van der Waals surface area contributed by atoms with Crippen molar-refractivity contribution in [2.75, 3.05) is 38.1 Å². The molecule has 100 valence electrons. The molecule has 0 aliphatic carbocycles. The fourth-order valence-corrected chi connectivity index (χ4v) is 2.23. The molecule has 5 heteroatoms. The number of anilines is 1. The molecule has 0 bridgehead atoms. The lowest BCUT2D eigenvalue weighted by atomic mass is 10.1. The third-order valence-corrected chi connectivity index (χ3v) is 3.38. The van der Waals surface area contributed by atoms with E-state index in [4.69, 9.17) is 0 Å². The Morgan fingerprint density at radius 2 is 1.67 bits per heavy atom. The van der Waals surface area contributed by atoms with Gasteiger partial charge in [-0.1, -0.05) is 0 Å². The van der Waals surface area contributed by atoms with Crippen molar-refractivity contribution >= 4 is 5.69 Å². The van der Waals surface area contributed by atoms with Crippen LogP contribution in [0.3, 0.4) is 0 Å². The average Bonchev–Trinajstić information content (AvgIpc) is 2.28. The average molecular weight is 258 g/mol. The summed E-state index contributed by atoms with van der Waals surface area (Å²) in [6.45, 7) is 5.13. The van der Waals surface area contributed by atoms with E-state index in [1.165, 1.54) is 13.0 Å². The van der Waals surface area contributed by atoms with Gasteiger partial charge in [0.15, 0.2) is 0 Å². The number of aryl methyl sites for hydroxylation is 1. The maximum absolute atomic E-state index is 12.7. The normalized spacial score (nSPS) is 18.2. The zero-order valence-electron chi connectivity index (χ0n) is 10.6. The molecule has 1 aromatic carbocycles. The third-order valence-electron chi connectivity index (χ3n) is 3.38. The molecular formula is C13H17F3N2. The van der Waals surface area contributed by atoms with Crippen LogP contribution in [-0.2, 0) is 6.18 Å². The van der Waals surface area contributed by atoms with Gasteiger partial charge in [-0.05, 0) is 37.7 Å². The molecule has 1 fully saturated rings. The van der Waals surface area contributed by atoms with Crippen LogP contribution < -0.4 is 4.90 Å². The molecule has 1 aromatic rings. The first-order valence-corrected chi connectivity index (χ1v) is 5.99. The van der Waals surface area contributed by atoms with Crippen LogP contribution in [0.1, 0.15) is 11.1 Å². The number of likely N-dealkylation sites (N-methyl/N-ethyl adjacent to an activating group) is 1. The Bertz CT molecular complexity index is 421. The van der Waals surface area contributed by atoms with E-state index in [2.05, 4.69) is 16.8 Å². The van der Waals surface area contributed by atoms with Crippen molar-refractivity contribution < 1.29 is 13.2 Å². The van der Waals surface area contributed by atoms with E-state index in [0.29, 0.717) is 5.56 Å². The lowest BCUT2D eigenvalue weighted by Gasteiger charge is -2.34. The van der Waals surface area contributed by atoms with Gasteiger partial charge in [0.2, 0.25) is 0 Å². The topological polar surface area (TPSA) is 6.48 Å². The van der Waals surface area contributed by atoms with Crippen molar-refractivity contribution in [1.82, 2.24) is 4.90 Å². The van der Waals surface area contributed by atoms with Gasteiger partial charge in [0, 0.05) is 31.9 Å². The van der Waals surface area contributed by atoms with Gasteiger partial charge in [-0.15, -0.1) is 0 Å². The van der Waals surface area contributed by atoms with E-state index in [1.807, 2.05) is 0 Å². The molecule has 2 nitrogen and oxygen atoms in total. The minimum Gasteiger partial charge on any atom is -0.369 e. The molecule has 1 saturated heterocycles. The second-order valence-electron chi connectivity index (χ2n) is 4.79. The van der Waals surface area contributed by atoms with Gasteiger partial charge >= 0.3 is 6.18 Å². The van der Waals surface area contributed by atoms with Crippen LogP contribution >= 0.6 is 0 Å². The van der Waals surface area contributed by atoms with E-state index < -0.39 is 11.7 Å². The molecule has 1 aliphatic heterocycles. The van der Waals surface area contributed by atoms with Crippen LogP contribution in [0, 0.1) is 6.92 Å². The molecule has 2 rings (SSSR count). The zero-order chi connectivity index (χ0) is 13.3. The third kappa shape index (κ3) is 2.77. The van der Waals surface area contributed by atoms with E-state index in [1.54, 1.807) is 12.1 Å². The van der Waals surface area contributed by atoms with Crippen LogP contribution in [0.4, 0.5) is 18.9 Å². The van der Waals surface area contributed by atoms with Crippen molar-refractivity contribution in [2.24, 2.45) is 0 Å². The summed E-state index contributed by atoms with van der Waals surface area (Å²) >= 11 is 0. The molecule has 0 N–H and O–H groups in total. The number of hydrogen-bond donors (Lipinski definition) is 0. The Labute approximate surface area is 105 Å². The molecule has 0 amide bonds. The SMILES string of the molecule is Cc1cc(N2CCN(C)CC2)ccc1C(F)(F)F. The van der Waals surface area contributed by atoms with Crippen molar-refractivity contribution in [3.05, 3.63) is 29.3 Å². The highest BCUT2D eigenvalue weighted by Gasteiger charge is 2.32. The van der Waals surface area contributed by atoms with E-state index in [0.717, 1.165) is 31.9 Å². The lowest BCUT2D eigenvalue weighted by Crippen LogP contribution is -2.44. The minimum absolute atomic E-state index is 0.291. The van der Waals surface area contributed by atoms with E-state index >= 15 is 0 Å². The zero-order valence-corrected chi connectivity index (χ0v) is 10.6. The maximum Gasteiger partial charge on any atom is 0.416 e. The highest BCUT2D eigenvalue weighted by atomic mass is 19.4. The maximum atomic E-state index is 12.7. The van der Waals surface area contributed by atoms with Crippen LogP contribution in [0.15, 0.2) is 18.2 Å². The molecule has 1 aliphatic rings. The Morgan fingerprint density at radius 3 is 2.17 bits per heavy atom. The number of piperazine rings is 1. The summed E-state index contributed by atoms with van der Waals surface area (Å²) in [5.41, 5.74) is 0.632. The highest BCUT2D eigenvalue weighted by molar-refractivity contribution is 5.51. The van der Waals surface area contributed by atoms with E-state index in [9.17, 15) is 13.2 Å². The molecular weight excluding hydrogens is 241 g/mol. The smallest absolute Gasteiger partial charge is 0.369 e. The number of rotatable bonds is 1. The minimum atomic E-state index is -4.26. The van der Waals surface area contributed by atoms with Crippen LogP contribution in [0.25, 0.3) is 0 Å². The first-order chi connectivity index (χ1) is 8.38. The summed E-state index contributed by atoms with van der Waals surface area (Å²) in [7, 11) is 2.05. The van der Waals surface area contributed by atoms with Gasteiger partial charge in [-0.3, -0.25) is 0 Å². The molecule has 0 radical (unpaired) electrons. The second kappa shape index (κ2) is 4.80. The molecule has 1 heterocycles. The number of hydrogen-bond acceptors (Lipinski definition) is 2. The van der Waals surface area contributed by atoms with Crippen molar-refractivity contribution in [3.63, 3.8) is 0 Å². The van der Waals surface area contributed by atoms with Gasteiger partial charge in [0.05, 0.1) is 5.56 Å². The first-order valence-electron chi connectivity index (χ1n) is 5.99. The molecule has 0 atom stereocenters. The second-order valence-corrected chi connectivity index (χ2v) is 4.79. The van der Waals surface area contributed by atoms with Gasteiger partial charge < -0.3 is 9.80 Å². The summed E-state index contributed by atoms with van der Waals surface area (Å²) in [4.78, 5) is 4.35. The van der Waals surface area contributed by atoms with Gasteiger partial charge in [-0.25, -0.2) is 0 Å². The van der Waals surface area contributed by atoms with Gasteiger partial charge in [-0.2, -0.15) is 13.2 Å². The van der Waals surface area contributed by atoms with Gasteiger partial charge in [0.1, 0.15) is 0 Å². The fourth-order valence-electron chi connectivity index (χ4n) is 2.23. The fraction of sp³-hybridized carbons (Fsp3) is 0.538. The monoisotopic (exact) mass is 258 g/mol. The van der Waals surface area contributed by atoms with E-state index in [-0.39, 0.29) is 0 Å². The summed E-state index contributed by atoms with van der Waals surface area (Å²) in [6, 6.07) is 4.39. The Kier molecular flexibility index (Phi) is 3.52. The summed E-state index contributed by atoms with van der Waals surface area (Å²) in [6.07, 6.45) is -4.26. The number of benzene rings is 1. The van der Waals surface area contributed by atoms with Crippen LogP contribution in [0.5, 0.6) is 0 Å². The quantitative estimate of drug-likeness (QED) is 0.764. The number of nitrogens with zero attached hydrogens (tertiary/aromatic N) is 2.